The van der Waals surface area contributed by atoms with Crippen LogP contribution in [0.1, 0.15) is 24.9 Å². The van der Waals surface area contributed by atoms with Gasteiger partial charge in [-0.2, -0.15) is 0 Å². The van der Waals surface area contributed by atoms with Crippen LogP contribution >= 0.6 is 0 Å². The van der Waals surface area contributed by atoms with Gasteiger partial charge >= 0.3 is 5.97 Å². The molecule has 0 saturated heterocycles. The summed E-state index contributed by atoms with van der Waals surface area (Å²) in [5.74, 6) is -0.855. The molecular formula is C14H16N2O2. The molecular weight excluding hydrogens is 228 g/mol. The largest absolute Gasteiger partial charge is 0.480 e. The summed E-state index contributed by atoms with van der Waals surface area (Å²) in [6, 6.07) is 8.68. The number of fused-ring (bicyclic) bond motifs is 1. The van der Waals surface area contributed by atoms with E-state index in [1.807, 2.05) is 37.3 Å². The number of hydrogen-bond acceptors (Lipinski definition) is 3. The average Bonchev–Trinajstić information content (AvgIpc) is 2.38. The van der Waals surface area contributed by atoms with Crippen LogP contribution in [0.15, 0.2) is 36.5 Å². The number of carbonyl (C=O) groups is 1. The van der Waals surface area contributed by atoms with E-state index in [1.54, 1.807) is 6.20 Å². The number of benzene rings is 1. The maximum Gasteiger partial charge on any atom is 0.325 e. The van der Waals surface area contributed by atoms with Crippen LogP contribution in [0.3, 0.4) is 0 Å². The second-order valence-corrected chi connectivity index (χ2v) is 4.18. The average molecular weight is 244 g/mol. The number of nitrogens with zero attached hydrogens (tertiary/aromatic N) is 1. The van der Waals surface area contributed by atoms with Crippen molar-refractivity contribution in [1.29, 1.82) is 0 Å². The lowest BCUT2D eigenvalue weighted by molar-refractivity contribution is -0.139. The highest BCUT2D eigenvalue weighted by Gasteiger charge is 2.18. The fraction of sp³-hybridized carbons (Fsp3) is 0.286. The molecule has 1 atom stereocenters. The Hall–Kier alpha value is -1.94. The molecule has 2 N–H and O–H groups in total. The maximum absolute atomic E-state index is 11.3. The Labute approximate surface area is 106 Å². The van der Waals surface area contributed by atoms with Crippen molar-refractivity contribution in [3.05, 3.63) is 42.1 Å². The summed E-state index contributed by atoms with van der Waals surface area (Å²) in [5.41, 5.74) is 1.64. The molecule has 2 aromatic rings. The van der Waals surface area contributed by atoms with Gasteiger partial charge in [0, 0.05) is 11.6 Å². The summed E-state index contributed by atoms with van der Waals surface area (Å²) in [5, 5.41) is 13.2. The number of nitrogens with one attached hydrogen (secondary N) is 1. The van der Waals surface area contributed by atoms with Crippen molar-refractivity contribution in [2.45, 2.75) is 19.4 Å². The van der Waals surface area contributed by atoms with Gasteiger partial charge in [0.1, 0.15) is 6.04 Å². The van der Waals surface area contributed by atoms with Gasteiger partial charge in [0.05, 0.1) is 5.52 Å². The van der Waals surface area contributed by atoms with E-state index in [9.17, 15) is 9.90 Å². The van der Waals surface area contributed by atoms with Crippen molar-refractivity contribution >= 4 is 16.9 Å². The van der Waals surface area contributed by atoms with Gasteiger partial charge in [-0.25, -0.2) is 0 Å². The van der Waals surface area contributed by atoms with Crippen LogP contribution in [-0.4, -0.2) is 22.6 Å². The van der Waals surface area contributed by atoms with E-state index in [0.29, 0.717) is 6.54 Å². The molecule has 94 valence electrons. The molecule has 0 radical (unpaired) electrons. The topological polar surface area (TPSA) is 62.2 Å². The van der Waals surface area contributed by atoms with Crippen LogP contribution in [0.4, 0.5) is 0 Å². The molecule has 0 saturated carbocycles. The Bertz CT molecular complexity index is 554. The lowest BCUT2D eigenvalue weighted by Crippen LogP contribution is -2.29. The molecule has 0 aliphatic heterocycles. The molecule has 1 heterocycles. The molecule has 0 aliphatic carbocycles. The summed E-state index contributed by atoms with van der Waals surface area (Å²) in [7, 11) is 0. The van der Waals surface area contributed by atoms with Crippen LogP contribution in [0.2, 0.25) is 0 Å². The van der Waals surface area contributed by atoms with Gasteiger partial charge in [-0.15, -0.1) is 0 Å². The molecule has 4 nitrogen and oxygen atoms in total. The Morgan fingerprint density at radius 2 is 2.28 bits per heavy atom. The van der Waals surface area contributed by atoms with E-state index in [0.717, 1.165) is 22.9 Å². The van der Waals surface area contributed by atoms with Crippen LogP contribution in [-0.2, 0) is 4.79 Å². The zero-order valence-corrected chi connectivity index (χ0v) is 10.3. The first-order valence-electron chi connectivity index (χ1n) is 6.03. The molecule has 0 fully saturated rings. The number of carboxylic acid groups (broad SMARTS) is 1. The first-order chi connectivity index (χ1) is 8.72. The van der Waals surface area contributed by atoms with Gasteiger partial charge in [0.25, 0.3) is 0 Å². The lowest BCUT2D eigenvalue weighted by atomic mass is 10.0. The van der Waals surface area contributed by atoms with Crippen molar-refractivity contribution in [1.82, 2.24) is 10.3 Å². The molecule has 0 bridgehead atoms. The van der Waals surface area contributed by atoms with Crippen LogP contribution < -0.4 is 5.32 Å². The van der Waals surface area contributed by atoms with Crippen molar-refractivity contribution in [2.24, 2.45) is 0 Å². The van der Waals surface area contributed by atoms with Gasteiger partial charge in [0.2, 0.25) is 0 Å². The normalized spacial score (nSPS) is 12.5. The van der Waals surface area contributed by atoms with Crippen molar-refractivity contribution in [3.63, 3.8) is 0 Å². The Balaban J connectivity index is 2.35. The molecule has 0 spiro atoms. The zero-order chi connectivity index (χ0) is 13.0. The van der Waals surface area contributed by atoms with Gasteiger partial charge in [0.15, 0.2) is 0 Å². The highest BCUT2D eigenvalue weighted by molar-refractivity contribution is 5.82. The fourth-order valence-electron chi connectivity index (χ4n) is 1.91. The van der Waals surface area contributed by atoms with Gasteiger partial charge < -0.3 is 10.4 Å². The van der Waals surface area contributed by atoms with Gasteiger partial charge in [-0.3, -0.25) is 9.78 Å². The second-order valence-electron chi connectivity index (χ2n) is 4.18. The predicted octanol–water partition coefficient (Wildman–Crippen LogP) is 2.36. The number of hydrogen-bond donors (Lipinski definition) is 2. The summed E-state index contributed by atoms with van der Waals surface area (Å²) in [6.07, 6.45) is 2.63. The van der Waals surface area contributed by atoms with Crippen molar-refractivity contribution < 1.29 is 9.90 Å². The Morgan fingerprint density at radius 3 is 3.00 bits per heavy atom. The number of rotatable bonds is 5. The van der Waals surface area contributed by atoms with E-state index in [1.165, 1.54) is 0 Å². The van der Waals surface area contributed by atoms with Crippen LogP contribution in [0.5, 0.6) is 0 Å². The summed E-state index contributed by atoms with van der Waals surface area (Å²) >= 11 is 0. The molecule has 0 amide bonds. The molecule has 1 aromatic carbocycles. The highest BCUT2D eigenvalue weighted by atomic mass is 16.4. The van der Waals surface area contributed by atoms with E-state index >= 15 is 0 Å². The van der Waals surface area contributed by atoms with E-state index in [-0.39, 0.29) is 0 Å². The minimum absolute atomic E-state index is 0.658. The molecule has 0 aliphatic rings. The second kappa shape index (κ2) is 5.60. The summed E-state index contributed by atoms with van der Waals surface area (Å²) in [6.45, 7) is 2.69. The van der Waals surface area contributed by atoms with E-state index in [4.69, 9.17) is 0 Å². The number of aromatic nitrogens is 1. The quantitative estimate of drug-likeness (QED) is 0.847. The molecule has 1 unspecified atom stereocenters. The number of aliphatic carboxylic acids is 1. The number of carboxylic acids is 1. The summed E-state index contributed by atoms with van der Waals surface area (Å²) in [4.78, 5) is 15.5. The highest BCUT2D eigenvalue weighted by Crippen LogP contribution is 2.19. The van der Waals surface area contributed by atoms with Crippen molar-refractivity contribution in [2.75, 3.05) is 6.54 Å². The third kappa shape index (κ3) is 2.65. The third-order valence-corrected chi connectivity index (χ3v) is 2.81. The van der Waals surface area contributed by atoms with Gasteiger partial charge in [-0.1, -0.05) is 19.1 Å². The standard InChI is InChI=1S/C14H16N2O2/c1-2-7-16-13(14(17)18)11-5-6-12-10(9-11)4-3-8-15-12/h3-6,8-9,13,16H,2,7H2,1H3,(H,17,18). The Kier molecular flexibility index (Phi) is 3.89. The Morgan fingerprint density at radius 1 is 1.44 bits per heavy atom. The lowest BCUT2D eigenvalue weighted by Gasteiger charge is -2.14. The number of pyridine rings is 1. The first kappa shape index (κ1) is 12.5. The molecule has 1 aromatic heterocycles. The van der Waals surface area contributed by atoms with Crippen LogP contribution in [0.25, 0.3) is 10.9 Å². The minimum Gasteiger partial charge on any atom is -0.480 e. The first-order valence-corrected chi connectivity index (χ1v) is 6.03. The molecule has 18 heavy (non-hydrogen) atoms. The SMILES string of the molecule is CCCNC(C(=O)O)c1ccc2ncccc2c1. The summed E-state index contributed by atoms with van der Waals surface area (Å²) < 4.78 is 0. The fourth-order valence-corrected chi connectivity index (χ4v) is 1.91. The maximum atomic E-state index is 11.3. The van der Waals surface area contributed by atoms with E-state index < -0.39 is 12.0 Å². The van der Waals surface area contributed by atoms with Gasteiger partial charge in [-0.05, 0) is 36.7 Å². The van der Waals surface area contributed by atoms with E-state index in [2.05, 4.69) is 10.3 Å². The zero-order valence-electron chi connectivity index (χ0n) is 10.3. The molecule has 4 heteroatoms. The third-order valence-electron chi connectivity index (χ3n) is 2.81. The smallest absolute Gasteiger partial charge is 0.325 e. The van der Waals surface area contributed by atoms with Crippen LogP contribution in [0, 0.1) is 0 Å². The predicted molar refractivity (Wildman–Crippen MR) is 70.4 cm³/mol. The minimum atomic E-state index is -0.855. The molecule has 2 rings (SSSR count). The van der Waals surface area contributed by atoms with Crippen molar-refractivity contribution in [3.8, 4) is 0 Å². The monoisotopic (exact) mass is 244 g/mol.